The summed E-state index contributed by atoms with van der Waals surface area (Å²) in [5.74, 6) is 6.69. The summed E-state index contributed by atoms with van der Waals surface area (Å²) in [5, 5.41) is 8.28. The molecule has 31 heavy (non-hydrogen) atoms. The first kappa shape index (κ1) is 19.4. The van der Waals surface area contributed by atoms with E-state index in [1.807, 2.05) is 31.2 Å². The summed E-state index contributed by atoms with van der Waals surface area (Å²) in [5.41, 5.74) is 7.51. The minimum atomic E-state index is -0.292. The monoisotopic (exact) mass is 417 g/mol. The number of nitrogens with two attached hydrogens (primary N) is 1. The molecule has 0 spiro atoms. The van der Waals surface area contributed by atoms with Crippen LogP contribution in [0.25, 0.3) is 28.0 Å². The van der Waals surface area contributed by atoms with Crippen LogP contribution in [0.1, 0.15) is 31.4 Å². The second kappa shape index (κ2) is 7.96. The molecule has 4 N–H and O–H groups in total. The molecule has 1 fully saturated rings. The summed E-state index contributed by atoms with van der Waals surface area (Å²) in [6, 6.07) is 14.4. The van der Waals surface area contributed by atoms with Gasteiger partial charge < -0.3 is 10.7 Å². The van der Waals surface area contributed by atoms with E-state index in [4.69, 9.17) is 15.9 Å². The highest BCUT2D eigenvalue weighted by atomic mass is 19.1. The minimum Gasteiger partial charge on any atom is -0.351 e. The highest BCUT2D eigenvalue weighted by molar-refractivity contribution is 5.91. The molecule has 0 saturated heterocycles. The van der Waals surface area contributed by atoms with Crippen molar-refractivity contribution in [3.63, 3.8) is 0 Å². The lowest BCUT2D eigenvalue weighted by Gasteiger charge is -2.13. The molecule has 1 aromatic carbocycles. The normalized spacial score (nSPS) is 14.3. The van der Waals surface area contributed by atoms with Crippen LogP contribution in [-0.2, 0) is 0 Å². The molecular formula is C23H24FN7. The van der Waals surface area contributed by atoms with Crippen molar-refractivity contribution in [2.45, 2.75) is 38.6 Å². The van der Waals surface area contributed by atoms with Crippen molar-refractivity contribution in [1.82, 2.24) is 19.6 Å². The molecule has 4 aromatic rings. The van der Waals surface area contributed by atoms with E-state index in [1.165, 1.54) is 25.0 Å². The van der Waals surface area contributed by atoms with Crippen molar-refractivity contribution >= 4 is 17.3 Å². The number of anilines is 2. The van der Waals surface area contributed by atoms with Gasteiger partial charge in [0.05, 0.1) is 16.8 Å². The third-order valence-electron chi connectivity index (χ3n) is 5.72. The van der Waals surface area contributed by atoms with Crippen molar-refractivity contribution in [1.29, 1.82) is 0 Å². The Hall–Kier alpha value is -3.52. The van der Waals surface area contributed by atoms with E-state index in [2.05, 4.69) is 15.7 Å². The first-order valence-corrected chi connectivity index (χ1v) is 10.5. The molecule has 8 heteroatoms. The molecule has 1 saturated carbocycles. The third kappa shape index (κ3) is 3.70. The van der Waals surface area contributed by atoms with Gasteiger partial charge >= 0.3 is 0 Å². The number of aromatic nitrogens is 4. The van der Waals surface area contributed by atoms with Crippen molar-refractivity contribution in [3.8, 4) is 22.5 Å². The SMILES string of the molecule is Cc1cc(-c2c(-c3ccc(F)cc3)nn3c(NN)cccc23)nc(NC2CCCC2)n1. The maximum atomic E-state index is 13.6. The average Bonchev–Trinajstić information content (AvgIpc) is 3.41. The van der Waals surface area contributed by atoms with E-state index in [0.717, 1.165) is 40.9 Å². The summed E-state index contributed by atoms with van der Waals surface area (Å²) in [4.78, 5) is 9.45. The number of hydrogen-bond acceptors (Lipinski definition) is 6. The van der Waals surface area contributed by atoms with Gasteiger partial charge in [0.25, 0.3) is 0 Å². The predicted octanol–water partition coefficient (Wildman–Crippen LogP) is 4.55. The van der Waals surface area contributed by atoms with Crippen LogP contribution in [0.3, 0.4) is 0 Å². The second-order valence-electron chi connectivity index (χ2n) is 7.93. The molecule has 0 atom stereocenters. The highest BCUT2D eigenvalue weighted by Crippen LogP contribution is 2.36. The summed E-state index contributed by atoms with van der Waals surface area (Å²) >= 11 is 0. The van der Waals surface area contributed by atoms with Crippen molar-refractivity contribution in [2.75, 3.05) is 10.7 Å². The van der Waals surface area contributed by atoms with Crippen LogP contribution in [0.5, 0.6) is 0 Å². The van der Waals surface area contributed by atoms with E-state index < -0.39 is 0 Å². The van der Waals surface area contributed by atoms with Gasteiger partial charge in [-0.05, 0) is 62.2 Å². The van der Waals surface area contributed by atoms with Crippen LogP contribution in [0.2, 0.25) is 0 Å². The zero-order valence-corrected chi connectivity index (χ0v) is 17.3. The minimum absolute atomic E-state index is 0.292. The van der Waals surface area contributed by atoms with Gasteiger partial charge in [-0.15, -0.1) is 0 Å². The number of hydrogen-bond donors (Lipinski definition) is 3. The van der Waals surface area contributed by atoms with Gasteiger partial charge in [-0.25, -0.2) is 24.7 Å². The van der Waals surface area contributed by atoms with Gasteiger partial charge in [-0.1, -0.05) is 18.9 Å². The van der Waals surface area contributed by atoms with Crippen molar-refractivity contribution in [2.24, 2.45) is 5.84 Å². The van der Waals surface area contributed by atoms with Gasteiger partial charge in [0, 0.05) is 17.3 Å². The first-order valence-electron chi connectivity index (χ1n) is 10.5. The Kier molecular flexibility index (Phi) is 4.99. The molecule has 158 valence electrons. The molecule has 3 aromatic heterocycles. The topological polar surface area (TPSA) is 93.2 Å². The molecule has 3 heterocycles. The number of halogens is 1. The maximum Gasteiger partial charge on any atom is 0.223 e. The first-order chi connectivity index (χ1) is 15.1. The van der Waals surface area contributed by atoms with E-state index in [1.54, 1.807) is 16.6 Å². The standard InChI is InChI=1S/C23H24FN7/c1-14-13-18(28-23(26-14)27-17-5-2-3-6-17)21-19-7-4-8-20(29-25)31(19)30-22(21)15-9-11-16(24)12-10-15/h4,7-13,17,29H,2-3,5-6,25H2,1H3,(H,26,27,28). The lowest BCUT2D eigenvalue weighted by Crippen LogP contribution is -2.17. The Balaban J connectivity index is 1.70. The number of hydrazine groups is 1. The Morgan fingerprint density at radius 1 is 1.06 bits per heavy atom. The van der Waals surface area contributed by atoms with Crippen LogP contribution >= 0.6 is 0 Å². The number of pyridine rings is 1. The number of benzene rings is 1. The van der Waals surface area contributed by atoms with Crippen LogP contribution in [-0.4, -0.2) is 25.6 Å². The van der Waals surface area contributed by atoms with E-state index >= 15 is 0 Å². The Morgan fingerprint density at radius 3 is 2.58 bits per heavy atom. The highest BCUT2D eigenvalue weighted by Gasteiger charge is 2.21. The lowest BCUT2D eigenvalue weighted by atomic mass is 10.0. The summed E-state index contributed by atoms with van der Waals surface area (Å²) < 4.78 is 15.3. The Morgan fingerprint density at radius 2 is 1.84 bits per heavy atom. The molecule has 0 radical (unpaired) electrons. The van der Waals surface area contributed by atoms with Crippen molar-refractivity contribution in [3.05, 3.63) is 60.0 Å². The van der Waals surface area contributed by atoms with Gasteiger partial charge in [-0.3, -0.25) is 0 Å². The average molecular weight is 417 g/mol. The summed E-state index contributed by atoms with van der Waals surface area (Å²) in [6.07, 6.45) is 4.73. The van der Waals surface area contributed by atoms with Crippen LogP contribution in [0, 0.1) is 12.7 Å². The third-order valence-corrected chi connectivity index (χ3v) is 5.72. The molecule has 0 bridgehead atoms. The fourth-order valence-corrected chi connectivity index (χ4v) is 4.26. The number of nitrogen functional groups attached to an aromatic ring is 1. The zero-order chi connectivity index (χ0) is 21.4. The fourth-order valence-electron chi connectivity index (χ4n) is 4.26. The smallest absolute Gasteiger partial charge is 0.223 e. The van der Waals surface area contributed by atoms with E-state index in [0.29, 0.717) is 23.5 Å². The molecule has 1 aliphatic carbocycles. The van der Waals surface area contributed by atoms with E-state index in [9.17, 15) is 4.39 Å². The van der Waals surface area contributed by atoms with Crippen LogP contribution in [0.15, 0.2) is 48.5 Å². The Bertz CT molecular complexity index is 1230. The number of aryl methyl sites for hydroxylation is 1. The van der Waals surface area contributed by atoms with Crippen molar-refractivity contribution < 1.29 is 4.39 Å². The van der Waals surface area contributed by atoms with E-state index in [-0.39, 0.29) is 5.82 Å². The number of nitrogens with one attached hydrogen (secondary N) is 2. The number of nitrogens with zero attached hydrogens (tertiary/aromatic N) is 4. The fraction of sp³-hybridized carbons (Fsp3) is 0.261. The largest absolute Gasteiger partial charge is 0.351 e. The zero-order valence-electron chi connectivity index (χ0n) is 17.3. The van der Waals surface area contributed by atoms with Crippen LogP contribution in [0.4, 0.5) is 16.2 Å². The second-order valence-corrected chi connectivity index (χ2v) is 7.93. The molecule has 0 amide bonds. The molecular weight excluding hydrogens is 393 g/mol. The molecule has 1 aliphatic rings. The number of rotatable bonds is 5. The van der Waals surface area contributed by atoms with Gasteiger partial charge in [0.15, 0.2) is 0 Å². The molecule has 7 nitrogen and oxygen atoms in total. The van der Waals surface area contributed by atoms with Crippen LogP contribution < -0.4 is 16.6 Å². The van der Waals surface area contributed by atoms with Gasteiger partial charge in [-0.2, -0.15) is 5.10 Å². The predicted molar refractivity (Wildman–Crippen MR) is 120 cm³/mol. The Labute approximate surface area is 179 Å². The lowest BCUT2D eigenvalue weighted by molar-refractivity contribution is 0.628. The quantitative estimate of drug-likeness (QED) is 0.326. The number of fused-ring (bicyclic) bond motifs is 1. The summed E-state index contributed by atoms with van der Waals surface area (Å²) in [6.45, 7) is 1.96. The maximum absolute atomic E-state index is 13.6. The van der Waals surface area contributed by atoms with Gasteiger partial charge in [0.1, 0.15) is 17.3 Å². The molecule has 0 aliphatic heterocycles. The molecule has 0 unspecified atom stereocenters. The van der Waals surface area contributed by atoms with Gasteiger partial charge in [0.2, 0.25) is 5.95 Å². The summed E-state index contributed by atoms with van der Waals surface area (Å²) in [7, 11) is 0. The molecule has 5 rings (SSSR count).